The van der Waals surface area contributed by atoms with E-state index < -0.39 is 0 Å². The van der Waals surface area contributed by atoms with Crippen LogP contribution in [-0.4, -0.2) is 51.7 Å². The number of likely N-dealkylation sites (tertiary alicyclic amines) is 1. The topological polar surface area (TPSA) is 89.4 Å². The van der Waals surface area contributed by atoms with Crippen molar-refractivity contribution in [2.75, 3.05) is 25.5 Å². The Morgan fingerprint density at radius 2 is 2.11 bits per heavy atom. The molecular weight excluding hydrogens is 378 g/mol. The average Bonchev–Trinajstić information content (AvgIpc) is 3.29. The molecule has 2 amide bonds. The van der Waals surface area contributed by atoms with Crippen molar-refractivity contribution in [3.8, 4) is 5.88 Å². The molecule has 1 aliphatic heterocycles. The summed E-state index contributed by atoms with van der Waals surface area (Å²) in [5.41, 5.74) is 1.56. The summed E-state index contributed by atoms with van der Waals surface area (Å²) in [4.78, 5) is 33.3. The van der Waals surface area contributed by atoms with Crippen LogP contribution in [0.15, 0.2) is 6.20 Å². The molecule has 8 nitrogen and oxygen atoms in total. The molecule has 4 rings (SSSR count). The average molecular weight is 404 g/mol. The molecule has 0 saturated carbocycles. The molecule has 1 saturated heterocycles. The maximum absolute atomic E-state index is 12.9. The van der Waals surface area contributed by atoms with Gasteiger partial charge in [-0.15, -0.1) is 16.4 Å². The lowest BCUT2D eigenvalue weighted by Crippen LogP contribution is -2.43. The van der Waals surface area contributed by atoms with Crippen molar-refractivity contribution in [1.82, 2.24) is 19.7 Å². The molecule has 150 valence electrons. The molecule has 28 heavy (non-hydrogen) atoms. The lowest BCUT2D eigenvalue weighted by molar-refractivity contribution is -0.121. The number of anilines is 1. The van der Waals surface area contributed by atoms with Crippen molar-refractivity contribution in [2.45, 2.75) is 38.5 Å². The lowest BCUT2D eigenvalue weighted by Gasteiger charge is -2.31. The van der Waals surface area contributed by atoms with Crippen molar-refractivity contribution in [3.05, 3.63) is 22.3 Å². The van der Waals surface area contributed by atoms with Gasteiger partial charge < -0.3 is 15.0 Å². The number of hydrogen-bond acceptors (Lipinski definition) is 6. The van der Waals surface area contributed by atoms with E-state index in [4.69, 9.17) is 4.74 Å². The minimum absolute atomic E-state index is 0.0539. The highest BCUT2D eigenvalue weighted by atomic mass is 32.1. The number of nitrogens with one attached hydrogen (secondary N) is 1. The fraction of sp³-hybridized carbons (Fsp3) is 0.579. The molecule has 3 heterocycles. The Balaban J connectivity index is 1.42. The van der Waals surface area contributed by atoms with Gasteiger partial charge in [0.25, 0.3) is 5.91 Å². The molecule has 2 aromatic heterocycles. The Morgan fingerprint density at radius 3 is 2.89 bits per heavy atom. The van der Waals surface area contributed by atoms with E-state index in [-0.39, 0.29) is 17.7 Å². The van der Waals surface area contributed by atoms with E-state index in [2.05, 4.69) is 15.4 Å². The molecular formula is C19H25N5O3S. The number of carbonyl (C=O) groups excluding carboxylic acids is 2. The molecule has 1 unspecified atom stereocenters. The first-order chi connectivity index (χ1) is 13.5. The van der Waals surface area contributed by atoms with Gasteiger partial charge in [0.15, 0.2) is 5.13 Å². The third kappa shape index (κ3) is 3.76. The molecule has 0 spiro atoms. The van der Waals surface area contributed by atoms with Gasteiger partial charge in [-0.05, 0) is 38.5 Å². The number of amides is 2. The fourth-order valence-corrected chi connectivity index (χ4v) is 4.98. The highest BCUT2D eigenvalue weighted by Crippen LogP contribution is 2.30. The number of ether oxygens (including phenoxy) is 1. The number of nitrogens with zero attached hydrogens (tertiary/aromatic N) is 4. The van der Waals surface area contributed by atoms with E-state index >= 15 is 0 Å². The molecule has 2 aliphatic rings. The normalized spacial score (nSPS) is 19.2. The number of rotatable bonds is 4. The molecule has 0 radical (unpaired) electrons. The van der Waals surface area contributed by atoms with Gasteiger partial charge in [-0.1, -0.05) is 0 Å². The SMILES string of the molecule is COc1nn(C)cc1C(=O)N1CCCC(C(=O)Nc2nc3c(s2)CCCC3)C1. The van der Waals surface area contributed by atoms with Gasteiger partial charge in [0.1, 0.15) is 5.56 Å². The third-order valence-electron chi connectivity index (χ3n) is 5.37. The minimum atomic E-state index is -0.235. The second kappa shape index (κ2) is 7.90. The minimum Gasteiger partial charge on any atom is -0.479 e. The van der Waals surface area contributed by atoms with Gasteiger partial charge in [-0.3, -0.25) is 14.3 Å². The maximum atomic E-state index is 12.9. The van der Waals surface area contributed by atoms with E-state index in [0.717, 1.165) is 31.4 Å². The van der Waals surface area contributed by atoms with Gasteiger partial charge in [0, 0.05) is 31.2 Å². The van der Waals surface area contributed by atoms with Crippen molar-refractivity contribution >= 4 is 28.3 Å². The van der Waals surface area contributed by atoms with E-state index in [1.165, 1.54) is 24.8 Å². The number of aromatic nitrogens is 3. The monoisotopic (exact) mass is 403 g/mol. The van der Waals surface area contributed by atoms with Crippen LogP contribution in [0.1, 0.15) is 46.6 Å². The summed E-state index contributed by atoms with van der Waals surface area (Å²) in [5, 5.41) is 7.82. The summed E-state index contributed by atoms with van der Waals surface area (Å²) in [6.07, 6.45) is 7.64. The predicted molar refractivity (Wildman–Crippen MR) is 106 cm³/mol. The summed E-state index contributed by atoms with van der Waals surface area (Å²) < 4.78 is 6.77. The molecule has 2 aromatic rings. The molecule has 1 N–H and O–H groups in total. The van der Waals surface area contributed by atoms with Crippen LogP contribution in [0, 0.1) is 5.92 Å². The van der Waals surface area contributed by atoms with Crippen LogP contribution in [0.5, 0.6) is 5.88 Å². The number of piperidine rings is 1. The van der Waals surface area contributed by atoms with Crippen molar-refractivity contribution in [3.63, 3.8) is 0 Å². The first-order valence-electron chi connectivity index (χ1n) is 9.71. The fourth-order valence-electron chi connectivity index (χ4n) is 3.92. The zero-order valence-corrected chi connectivity index (χ0v) is 17.0. The van der Waals surface area contributed by atoms with Gasteiger partial charge in [-0.2, -0.15) is 0 Å². The van der Waals surface area contributed by atoms with Crippen molar-refractivity contribution in [2.24, 2.45) is 13.0 Å². The maximum Gasteiger partial charge on any atom is 0.260 e. The molecule has 0 aromatic carbocycles. The second-order valence-electron chi connectivity index (χ2n) is 7.40. The Labute approximate surface area is 167 Å². The molecule has 9 heteroatoms. The number of fused-ring (bicyclic) bond motifs is 1. The van der Waals surface area contributed by atoms with Crippen LogP contribution in [0.25, 0.3) is 0 Å². The van der Waals surface area contributed by atoms with Gasteiger partial charge in [-0.25, -0.2) is 4.98 Å². The van der Waals surface area contributed by atoms with E-state index in [0.29, 0.717) is 29.7 Å². The zero-order chi connectivity index (χ0) is 19.7. The Kier molecular flexibility index (Phi) is 5.34. The zero-order valence-electron chi connectivity index (χ0n) is 16.2. The Hall–Kier alpha value is -2.42. The molecule has 0 bridgehead atoms. The summed E-state index contributed by atoms with van der Waals surface area (Å²) in [6, 6.07) is 0. The number of hydrogen-bond donors (Lipinski definition) is 1. The van der Waals surface area contributed by atoms with E-state index in [1.807, 2.05) is 0 Å². The smallest absolute Gasteiger partial charge is 0.260 e. The van der Waals surface area contributed by atoms with E-state index in [9.17, 15) is 9.59 Å². The Morgan fingerprint density at radius 1 is 1.29 bits per heavy atom. The van der Waals surface area contributed by atoms with Crippen LogP contribution in [0.4, 0.5) is 5.13 Å². The number of carbonyl (C=O) groups is 2. The van der Waals surface area contributed by atoms with E-state index in [1.54, 1.807) is 34.2 Å². The van der Waals surface area contributed by atoms with Gasteiger partial charge in [0.05, 0.1) is 18.7 Å². The lowest BCUT2D eigenvalue weighted by atomic mass is 9.96. The number of thiazole rings is 1. The summed E-state index contributed by atoms with van der Waals surface area (Å²) in [6.45, 7) is 1.03. The summed E-state index contributed by atoms with van der Waals surface area (Å²) in [7, 11) is 3.25. The quantitative estimate of drug-likeness (QED) is 0.846. The first kappa shape index (κ1) is 18.9. The van der Waals surface area contributed by atoms with Gasteiger partial charge in [0.2, 0.25) is 11.8 Å². The number of aryl methyl sites for hydroxylation is 3. The van der Waals surface area contributed by atoms with Crippen LogP contribution in [0.2, 0.25) is 0 Å². The standard InChI is InChI=1S/C19H25N5O3S/c1-23-11-13(17(22-23)27-2)18(26)24-9-5-6-12(10-24)16(25)21-19-20-14-7-3-4-8-15(14)28-19/h11-12H,3-10H2,1-2H3,(H,20,21,25). The third-order valence-corrected chi connectivity index (χ3v) is 6.45. The second-order valence-corrected chi connectivity index (χ2v) is 8.48. The molecule has 1 atom stereocenters. The summed E-state index contributed by atoms with van der Waals surface area (Å²) in [5.74, 6) is -0.123. The highest BCUT2D eigenvalue weighted by molar-refractivity contribution is 7.15. The Bertz CT molecular complexity index is 867. The van der Waals surface area contributed by atoms with Crippen molar-refractivity contribution < 1.29 is 14.3 Å². The first-order valence-corrected chi connectivity index (χ1v) is 10.5. The van der Waals surface area contributed by atoms with Crippen LogP contribution >= 0.6 is 11.3 Å². The largest absolute Gasteiger partial charge is 0.479 e. The number of methoxy groups -OCH3 is 1. The highest BCUT2D eigenvalue weighted by Gasteiger charge is 2.31. The molecule has 1 aliphatic carbocycles. The van der Waals surface area contributed by atoms with Crippen LogP contribution in [-0.2, 0) is 24.7 Å². The molecule has 1 fully saturated rings. The van der Waals surface area contributed by atoms with Crippen molar-refractivity contribution in [1.29, 1.82) is 0 Å². The van der Waals surface area contributed by atoms with Gasteiger partial charge >= 0.3 is 0 Å². The summed E-state index contributed by atoms with van der Waals surface area (Å²) >= 11 is 1.59. The van der Waals surface area contributed by atoms with Crippen LogP contribution in [0.3, 0.4) is 0 Å². The predicted octanol–water partition coefficient (Wildman–Crippen LogP) is 2.25. The van der Waals surface area contributed by atoms with Crippen LogP contribution < -0.4 is 10.1 Å².